The van der Waals surface area contributed by atoms with Gasteiger partial charge in [0, 0.05) is 4.47 Å². The van der Waals surface area contributed by atoms with Crippen molar-refractivity contribution >= 4 is 38.3 Å². The Balaban J connectivity index is 1.75. The first kappa shape index (κ1) is 16.4. The largest absolute Gasteiger partial charge is 0.273 e. The van der Waals surface area contributed by atoms with Crippen LogP contribution in [0.1, 0.15) is 18.1 Å². The summed E-state index contributed by atoms with van der Waals surface area (Å²) in [6.07, 6.45) is 0.291. The van der Waals surface area contributed by atoms with E-state index in [0.29, 0.717) is 6.42 Å². The summed E-state index contributed by atoms with van der Waals surface area (Å²) in [5.41, 5.74) is 5.41. The molecule has 0 aliphatic rings. The van der Waals surface area contributed by atoms with Crippen LogP contribution in [0.25, 0.3) is 10.8 Å². The quantitative estimate of drug-likeness (QED) is 0.517. The minimum Gasteiger partial charge on any atom is -0.273 e. The predicted molar refractivity (Wildman–Crippen MR) is 102 cm³/mol. The number of nitrogens with zero attached hydrogens (tertiary/aromatic N) is 1. The van der Waals surface area contributed by atoms with Crippen LogP contribution in [0.5, 0.6) is 0 Å². The van der Waals surface area contributed by atoms with Crippen molar-refractivity contribution in [3.63, 3.8) is 0 Å². The fourth-order valence-electron chi connectivity index (χ4n) is 2.58. The maximum atomic E-state index is 12.2. The summed E-state index contributed by atoms with van der Waals surface area (Å²) in [7, 11) is 0. The van der Waals surface area contributed by atoms with Gasteiger partial charge in [-0.25, -0.2) is 5.43 Å². The van der Waals surface area contributed by atoms with E-state index in [2.05, 4.69) is 26.5 Å². The molecule has 0 radical (unpaired) electrons. The Bertz CT molecular complexity index is 904. The van der Waals surface area contributed by atoms with Crippen molar-refractivity contribution in [2.75, 3.05) is 0 Å². The van der Waals surface area contributed by atoms with E-state index >= 15 is 0 Å². The molecule has 4 heteroatoms. The molecule has 0 atom stereocenters. The van der Waals surface area contributed by atoms with E-state index < -0.39 is 0 Å². The molecule has 0 saturated heterocycles. The number of halogens is 1. The zero-order valence-electron chi connectivity index (χ0n) is 13.3. The average Bonchev–Trinajstić information content (AvgIpc) is 2.63. The van der Waals surface area contributed by atoms with Gasteiger partial charge in [0.1, 0.15) is 0 Å². The molecule has 1 amide bonds. The van der Waals surface area contributed by atoms with E-state index in [0.717, 1.165) is 32.1 Å². The Hall–Kier alpha value is -2.46. The van der Waals surface area contributed by atoms with E-state index in [1.165, 1.54) is 0 Å². The van der Waals surface area contributed by atoms with Gasteiger partial charge in [0.25, 0.3) is 0 Å². The van der Waals surface area contributed by atoms with E-state index in [4.69, 9.17) is 0 Å². The molecular weight excluding hydrogens is 364 g/mol. The van der Waals surface area contributed by atoms with Gasteiger partial charge in [-0.2, -0.15) is 5.10 Å². The van der Waals surface area contributed by atoms with Crippen LogP contribution in [0.3, 0.4) is 0 Å². The monoisotopic (exact) mass is 380 g/mol. The Morgan fingerprint density at radius 2 is 1.62 bits per heavy atom. The molecule has 0 saturated carbocycles. The smallest absolute Gasteiger partial charge is 0.244 e. The van der Waals surface area contributed by atoms with Crippen molar-refractivity contribution in [3.05, 3.63) is 82.3 Å². The maximum absolute atomic E-state index is 12.2. The highest BCUT2D eigenvalue weighted by molar-refractivity contribution is 9.10. The third-order valence-electron chi connectivity index (χ3n) is 3.85. The molecule has 0 fully saturated rings. The Morgan fingerprint density at radius 3 is 2.38 bits per heavy atom. The number of fused-ring (bicyclic) bond motifs is 1. The van der Waals surface area contributed by atoms with Gasteiger partial charge in [0.05, 0.1) is 12.1 Å². The lowest BCUT2D eigenvalue weighted by atomic mass is 10.0. The van der Waals surface area contributed by atoms with Crippen LogP contribution in [0.15, 0.2) is 76.3 Å². The first-order valence-electron chi connectivity index (χ1n) is 7.70. The molecule has 0 aromatic heterocycles. The van der Waals surface area contributed by atoms with Gasteiger partial charge in [0.15, 0.2) is 0 Å². The molecule has 3 rings (SSSR count). The van der Waals surface area contributed by atoms with Crippen LogP contribution in [0.2, 0.25) is 0 Å². The highest BCUT2D eigenvalue weighted by atomic mass is 79.9. The zero-order chi connectivity index (χ0) is 16.9. The lowest BCUT2D eigenvalue weighted by Gasteiger charge is -2.08. The molecule has 3 nitrogen and oxygen atoms in total. The third-order valence-corrected chi connectivity index (χ3v) is 4.54. The molecule has 0 unspecified atom stereocenters. The van der Waals surface area contributed by atoms with Gasteiger partial charge in [0.2, 0.25) is 5.91 Å². The number of rotatable bonds is 4. The van der Waals surface area contributed by atoms with Gasteiger partial charge in [-0.05, 0) is 34.9 Å². The number of nitrogens with one attached hydrogen (secondary N) is 1. The topological polar surface area (TPSA) is 41.5 Å². The summed E-state index contributed by atoms with van der Waals surface area (Å²) in [5.74, 6) is -0.127. The molecule has 1 N–H and O–H groups in total. The number of carbonyl (C=O) groups excluding carboxylic acids is 1. The molecule has 0 aliphatic heterocycles. The molecular formula is C20H17BrN2O. The van der Waals surface area contributed by atoms with Gasteiger partial charge < -0.3 is 0 Å². The van der Waals surface area contributed by atoms with Gasteiger partial charge >= 0.3 is 0 Å². The summed E-state index contributed by atoms with van der Waals surface area (Å²) < 4.78 is 1.03. The van der Waals surface area contributed by atoms with E-state index in [1.807, 2.05) is 73.7 Å². The van der Waals surface area contributed by atoms with Gasteiger partial charge in [-0.1, -0.05) is 76.6 Å². The minimum absolute atomic E-state index is 0.127. The summed E-state index contributed by atoms with van der Waals surface area (Å²) >= 11 is 3.55. The lowest BCUT2D eigenvalue weighted by molar-refractivity contribution is -0.120. The van der Waals surface area contributed by atoms with Crippen molar-refractivity contribution in [1.82, 2.24) is 5.43 Å². The van der Waals surface area contributed by atoms with Crippen molar-refractivity contribution in [2.45, 2.75) is 13.3 Å². The summed E-state index contributed by atoms with van der Waals surface area (Å²) in [5, 5.41) is 6.37. The zero-order valence-corrected chi connectivity index (χ0v) is 14.9. The Labute approximate surface area is 149 Å². The van der Waals surface area contributed by atoms with Crippen molar-refractivity contribution in [2.24, 2.45) is 5.10 Å². The molecule has 0 aliphatic carbocycles. The first-order valence-corrected chi connectivity index (χ1v) is 8.49. The number of carbonyl (C=O) groups is 1. The number of benzene rings is 3. The van der Waals surface area contributed by atoms with Gasteiger partial charge in [-0.15, -0.1) is 0 Å². The number of hydrogen-bond acceptors (Lipinski definition) is 2. The van der Waals surface area contributed by atoms with Crippen molar-refractivity contribution in [3.8, 4) is 0 Å². The molecule has 0 heterocycles. The maximum Gasteiger partial charge on any atom is 0.244 e. The Morgan fingerprint density at radius 1 is 0.958 bits per heavy atom. The molecule has 120 valence electrons. The normalized spacial score (nSPS) is 11.5. The summed E-state index contributed by atoms with van der Waals surface area (Å²) in [6.45, 7) is 1.88. The van der Waals surface area contributed by atoms with E-state index in [-0.39, 0.29) is 5.91 Å². The summed E-state index contributed by atoms with van der Waals surface area (Å²) in [4.78, 5) is 12.2. The average molecular weight is 381 g/mol. The second-order valence-corrected chi connectivity index (χ2v) is 6.38. The van der Waals surface area contributed by atoms with Crippen LogP contribution in [-0.4, -0.2) is 11.6 Å². The molecule has 24 heavy (non-hydrogen) atoms. The minimum atomic E-state index is -0.127. The second-order valence-electron chi connectivity index (χ2n) is 5.53. The van der Waals surface area contributed by atoms with E-state index in [1.54, 1.807) is 0 Å². The highest BCUT2D eigenvalue weighted by Gasteiger charge is 2.08. The fraction of sp³-hybridized carbons (Fsp3) is 0.100. The van der Waals surface area contributed by atoms with Crippen molar-refractivity contribution in [1.29, 1.82) is 0 Å². The number of amides is 1. The standard InChI is InChI=1S/C20H17BrN2O/c1-14(15-7-3-2-4-8-15)22-23-20(24)13-16-11-12-19(21)18-10-6-5-9-17(16)18/h2-12H,13H2,1H3,(H,23,24)/b22-14+. The SMILES string of the molecule is C/C(=N\NC(=O)Cc1ccc(Br)c2ccccc12)c1ccccc1. The Kier molecular flexibility index (Phi) is 5.06. The molecule has 3 aromatic carbocycles. The second kappa shape index (κ2) is 7.41. The van der Waals surface area contributed by atoms with E-state index in [9.17, 15) is 4.79 Å². The number of hydrazone groups is 1. The van der Waals surface area contributed by atoms with Crippen LogP contribution in [-0.2, 0) is 11.2 Å². The third kappa shape index (κ3) is 3.71. The molecule has 0 spiro atoms. The first-order chi connectivity index (χ1) is 11.6. The molecule has 3 aromatic rings. The van der Waals surface area contributed by atoms with Crippen LogP contribution < -0.4 is 5.43 Å². The predicted octanol–water partition coefficient (Wildman–Crippen LogP) is 4.69. The van der Waals surface area contributed by atoms with Crippen LogP contribution in [0.4, 0.5) is 0 Å². The fourth-order valence-corrected chi connectivity index (χ4v) is 3.06. The number of hydrogen-bond donors (Lipinski definition) is 1. The van der Waals surface area contributed by atoms with Gasteiger partial charge in [-0.3, -0.25) is 4.79 Å². The van der Waals surface area contributed by atoms with Crippen LogP contribution >= 0.6 is 15.9 Å². The van der Waals surface area contributed by atoms with Crippen LogP contribution in [0, 0.1) is 0 Å². The molecule has 0 bridgehead atoms. The summed E-state index contributed by atoms with van der Waals surface area (Å²) in [6, 6.07) is 21.8. The lowest BCUT2D eigenvalue weighted by Crippen LogP contribution is -2.21. The highest BCUT2D eigenvalue weighted by Crippen LogP contribution is 2.27. The van der Waals surface area contributed by atoms with Crippen molar-refractivity contribution < 1.29 is 4.79 Å².